The summed E-state index contributed by atoms with van der Waals surface area (Å²) in [6.45, 7) is 0. The molecule has 420 valence electrons. The fraction of sp³-hybridized carbons (Fsp3) is 0.0625. The summed E-state index contributed by atoms with van der Waals surface area (Å²) in [6.07, 6.45) is -14.5. The van der Waals surface area contributed by atoms with Crippen molar-refractivity contribution >= 4 is 59.0 Å². The van der Waals surface area contributed by atoms with Crippen LogP contribution in [0.1, 0.15) is 31.1 Å². The maximum atomic E-state index is 13.7. The smallest absolute Gasteiger partial charge is 0.406 e. The maximum Gasteiger partial charge on any atom is 0.573 e. The number of amides is 3. The van der Waals surface area contributed by atoms with Gasteiger partial charge in [-0.05, 0) is 115 Å². The standard InChI is InChI=1S/C16H8Cl2F3N3O3.2C16H8F5N3O3/c2*17-9-3-6-11(12(18)7-9)14-23-24-15(26-14)22-13(25)8-1-4-10(5-2-8)27-16(19,20)21;17-10-5-9(6-11(18)7-10)14-23-24-15(26-14)22-13(25)8-1-3-12(4-2-8)27-16(19,20)21/h3*1-7H,(H,22,24,25). The number of nitrogens with one attached hydrogen (secondary N) is 3. The third-order valence-corrected chi connectivity index (χ3v) is 9.97. The summed E-state index contributed by atoms with van der Waals surface area (Å²) in [7, 11) is 0. The SMILES string of the molecule is O=C(Nc1nnc(-c2cc(F)cc(F)c2)o1)c1ccc(OC(F)(F)F)cc1.O=C(Nc1nnc(-c2ccc(Cl)cc2Cl)o1)c1ccc(OC(F)(F)F)cc1.O=C(Nc1nnc(-c2ccc(F)cc2F)o1)c1ccc(OC(F)(F)F)cc1. The molecular weight excluding hydrogens is 1160 g/mol. The molecule has 0 fully saturated rings. The molecule has 6 aromatic carbocycles. The molecule has 81 heavy (non-hydrogen) atoms. The monoisotopic (exact) mass is 1190 g/mol. The van der Waals surface area contributed by atoms with Crippen LogP contribution in [0, 0.1) is 23.3 Å². The lowest BCUT2D eigenvalue weighted by molar-refractivity contribution is -0.275. The molecule has 0 aliphatic carbocycles. The third kappa shape index (κ3) is 17.6. The van der Waals surface area contributed by atoms with Gasteiger partial charge in [-0.25, -0.2) is 17.6 Å². The lowest BCUT2D eigenvalue weighted by Gasteiger charge is -2.08. The summed E-state index contributed by atoms with van der Waals surface area (Å²) in [6, 6.07) is 21.5. The average Bonchev–Trinajstić information content (AvgIpc) is 4.16. The van der Waals surface area contributed by atoms with E-state index in [9.17, 15) is 71.5 Å². The Bertz CT molecular complexity index is 3500. The van der Waals surface area contributed by atoms with Crippen molar-refractivity contribution in [3.05, 3.63) is 177 Å². The second-order valence-electron chi connectivity index (χ2n) is 15.2. The highest BCUT2D eigenvalue weighted by atomic mass is 35.5. The molecule has 3 heterocycles. The Morgan fingerprint density at radius 3 is 1.14 bits per heavy atom. The summed E-state index contributed by atoms with van der Waals surface area (Å²) < 4.78 is 189. The molecule has 9 aromatic rings. The van der Waals surface area contributed by atoms with Crippen LogP contribution in [0.2, 0.25) is 10.0 Å². The molecule has 0 atom stereocenters. The molecule has 9 rings (SSSR count). The van der Waals surface area contributed by atoms with Gasteiger partial charge < -0.3 is 27.5 Å². The molecule has 3 aromatic heterocycles. The Morgan fingerprint density at radius 1 is 0.407 bits per heavy atom. The zero-order valence-electron chi connectivity index (χ0n) is 39.2. The van der Waals surface area contributed by atoms with Crippen LogP contribution in [0.15, 0.2) is 141 Å². The molecule has 0 saturated heterocycles. The van der Waals surface area contributed by atoms with Crippen LogP contribution in [0.3, 0.4) is 0 Å². The lowest BCUT2D eigenvalue weighted by Crippen LogP contribution is -2.17. The number of nitrogens with zero attached hydrogens (tertiary/aromatic N) is 6. The zero-order chi connectivity index (χ0) is 58.8. The Balaban J connectivity index is 0.000000175. The number of aromatic nitrogens is 6. The van der Waals surface area contributed by atoms with Crippen LogP contribution in [0.4, 0.5) is 75.1 Å². The van der Waals surface area contributed by atoms with Gasteiger partial charge in [-0.2, -0.15) is 0 Å². The van der Waals surface area contributed by atoms with Crippen molar-refractivity contribution in [1.29, 1.82) is 0 Å². The molecule has 3 N–H and O–H groups in total. The molecule has 0 aliphatic heterocycles. The van der Waals surface area contributed by atoms with E-state index in [0.29, 0.717) is 22.7 Å². The fourth-order valence-electron chi connectivity index (χ4n) is 6.09. The van der Waals surface area contributed by atoms with E-state index < -0.39 is 77.3 Å². The van der Waals surface area contributed by atoms with Gasteiger partial charge in [0, 0.05) is 39.4 Å². The van der Waals surface area contributed by atoms with Gasteiger partial charge in [-0.1, -0.05) is 38.5 Å². The number of carbonyl (C=O) groups excluding carboxylic acids is 3. The number of halogens is 15. The van der Waals surface area contributed by atoms with Crippen molar-refractivity contribution < 1.29 is 98.9 Å². The van der Waals surface area contributed by atoms with Gasteiger partial charge in [-0.15, -0.1) is 54.8 Å². The summed E-state index contributed by atoms with van der Waals surface area (Å²) in [5, 5.41) is 29.0. The normalized spacial score (nSPS) is 11.3. The Hall–Kier alpha value is -9.78. The highest BCUT2D eigenvalue weighted by Gasteiger charge is 2.33. The van der Waals surface area contributed by atoms with E-state index in [-0.39, 0.29) is 68.6 Å². The minimum Gasteiger partial charge on any atom is -0.406 e. The quantitative estimate of drug-likeness (QED) is 0.0966. The van der Waals surface area contributed by atoms with Gasteiger partial charge in [0.1, 0.15) is 40.5 Å². The summed E-state index contributed by atoms with van der Waals surface area (Å²) in [4.78, 5) is 36.2. The lowest BCUT2D eigenvalue weighted by atomic mass is 10.2. The predicted molar refractivity (Wildman–Crippen MR) is 252 cm³/mol. The first-order valence-corrected chi connectivity index (χ1v) is 22.3. The van der Waals surface area contributed by atoms with Crippen LogP contribution in [-0.2, 0) is 0 Å². The predicted octanol–water partition coefficient (Wildman–Crippen LogP) is 13.5. The van der Waals surface area contributed by atoms with E-state index in [4.69, 9.17) is 36.5 Å². The highest BCUT2D eigenvalue weighted by Crippen LogP contribution is 2.32. The zero-order valence-corrected chi connectivity index (χ0v) is 40.7. The van der Waals surface area contributed by atoms with Gasteiger partial charge >= 0.3 is 37.1 Å². The number of carbonyl (C=O) groups is 3. The van der Waals surface area contributed by atoms with E-state index in [1.54, 1.807) is 12.1 Å². The molecular formula is C48H24Cl2F13N9O9. The van der Waals surface area contributed by atoms with Crippen molar-refractivity contribution in [3.8, 4) is 51.6 Å². The number of hydrogen-bond donors (Lipinski definition) is 3. The summed E-state index contributed by atoms with van der Waals surface area (Å²) >= 11 is 11.9. The van der Waals surface area contributed by atoms with E-state index >= 15 is 0 Å². The first-order valence-electron chi connectivity index (χ1n) is 21.5. The number of rotatable bonds is 12. The Morgan fingerprint density at radius 2 is 0.765 bits per heavy atom. The number of alkyl halides is 9. The van der Waals surface area contributed by atoms with E-state index in [2.05, 4.69) is 60.8 Å². The Labute approximate surface area is 451 Å². The van der Waals surface area contributed by atoms with E-state index in [0.717, 1.165) is 97.1 Å². The minimum atomic E-state index is -4.85. The summed E-state index contributed by atoms with van der Waals surface area (Å²) in [5.74, 6) is -7.52. The van der Waals surface area contributed by atoms with Crippen LogP contribution in [0.5, 0.6) is 17.2 Å². The number of ether oxygens (including phenoxy) is 3. The number of hydrogen-bond acceptors (Lipinski definition) is 15. The van der Waals surface area contributed by atoms with Crippen molar-refractivity contribution in [2.45, 2.75) is 19.1 Å². The van der Waals surface area contributed by atoms with Crippen molar-refractivity contribution in [3.63, 3.8) is 0 Å². The molecule has 0 saturated carbocycles. The second kappa shape index (κ2) is 24.9. The average molecular weight is 1190 g/mol. The molecule has 0 aliphatic rings. The molecule has 3 amide bonds. The van der Waals surface area contributed by atoms with Gasteiger partial charge in [0.2, 0.25) is 5.89 Å². The fourth-order valence-corrected chi connectivity index (χ4v) is 6.58. The number of anilines is 3. The van der Waals surface area contributed by atoms with Gasteiger partial charge in [0.15, 0.2) is 0 Å². The van der Waals surface area contributed by atoms with Crippen molar-refractivity contribution in [2.24, 2.45) is 0 Å². The molecule has 18 nitrogen and oxygen atoms in total. The molecule has 33 heteroatoms. The van der Waals surface area contributed by atoms with Crippen LogP contribution < -0.4 is 30.2 Å². The number of benzene rings is 6. The van der Waals surface area contributed by atoms with Gasteiger partial charge in [0.25, 0.3) is 29.5 Å². The molecule has 0 bridgehead atoms. The first kappa shape index (κ1) is 58.9. The maximum absolute atomic E-state index is 13.7. The van der Waals surface area contributed by atoms with Crippen LogP contribution in [0.25, 0.3) is 34.4 Å². The van der Waals surface area contributed by atoms with Crippen LogP contribution >= 0.6 is 23.2 Å². The third-order valence-electron chi connectivity index (χ3n) is 9.42. The van der Waals surface area contributed by atoms with Gasteiger partial charge in [-0.3, -0.25) is 30.3 Å². The van der Waals surface area contributed by atoms with E-state index in [1.165, 1.54) is 6.07 Å². The molecule has 0 radical (unpaired) electrons. The topological polar surface area (TPSA) is 232 Å². The van der Waals surface area contributed by atoms with Crippen molar-refractivity contribution in [2.75, 3.05) is 16.0 Å². The minimum absolute atomic E-state index is 0.0129. The van der Waals surface area contributed by atoms with Crippen LogP contribution in [-0.4, -0.2) is 67.4 Å². The second-order valence-corrected chi connectivity index (χ2v) is 16.1. The Kier molecular flexibility index (Phi) is 18.1. The van der Waals surface area contributed by atoms with Gasteiger partial charge in [0.05, 0.1) is 16.1 Å². The largest absolute Gasteiger partial charge is 0.573 e. The highest BCUT2D eigenvalue weighted by molar-refractivity contribution is 6.36. The van der Waals surface area contributed by atoms with E-state index in [1.807, 2.05) is 0 Å². The summed E-state index contributed by atoms with van der Waals surface area (Å²) in [5.41, 5.74) is 0.252. The molecule has 0 spiro atoms. The van der Waals surface area contributed by atoms with Crippen molar-refractivity contribution in [1.82, 2.24) is 30.6 Å². The molecule has 0 unspecified atom stereocenters. The first-order chi connectivity index (χ1) is 38.1.